The molecule has 1 aromatic heterocycles. The summed E-state index contributed by atoms with van der Waals surface area (Å²) in [7, 11) is 3.95. The molecule has 19 heavy (non-hydrogen) atoms. The van der Waals surface area contributed by atoms with Crippen LogP contribution in [0.3, 0.4) is 0 Å². The van der Waals surface area contributed by atoms with E-state index in [1.807, 2.05) is 32.0 Å². The van der Waals surface area contributed by atoms with Crippen molar-refractivity contribution in [2.24, 2.45) is 0 Å². The Kier molecular flexibility index (Phi) is 6.25. The molecule has 1 rings (SSSR count). The Balaban J connectivity index is 2.76. The van der Waals surface area contributed by atoms with E-state index >= 15 is 0 Å². The molecule has 5 heteroatoms. The fourth-order valence-electron chi connectivity index (χ4n) is 1.97. The lowest BCUT2D eigenvalue weighted by molar-refractivity contribution is 0.0934. The lowest BCUT2D eigenvalue weighted by Gasteiger charge is -2.18. The third-order valence-electron chi connectivity index (χ3n) is 2.63. The molecule has 0 aromatic carbocycles. The largest absolute Gasteiger partial charge is 0.348 e. The van der Waals surface area contributed by atoms with E-state index < -0.39 is 0 Å². The molecule has 1 aromatic rings. The van der Waals surface area contributed by atoms with Crippen LogP contribution in [0.4, 0.5) is 0 Å². The second-order valence-electron chi connectivity index (χ2n) is 5.06. The fourth-order valence-corrected chi connectivity index (χ4v) is 2.19. The molecule has 0 radical (unpaired) electrons. The first-order chi connectivity index (χ1) is 8.92. The van der Waals surface area contributed by atoms with Crippen LogP contribution in [0.15, 0.2) is 12.1 Å². The zero-order chi connectivity index (χ0) is 14.4. The smallest absolute Gasteiger partial charge is 0.251 e. The maximum Gasteiger partial charge on any atom is 0.251 e. The van der Waals surface area contributed by atoms with E-state index in [1.165, 1.54) is 0 Å². The molecule has 0 bridgehead atoms. The van der Waals surface area contributed by atoms with Crippen LogP contribution in [0.25, 0.3) is 0 Å². The molecule has 1 heterocycles. The number of amides is 1. The van der Waals surface area contributed by atoms with Gasteiger partial charge in [-0.2, -0.15) is 0 Å². The van der Waals surface area contributed by atoms with Crippen LogP contribution in [-0.2, 0) is 6.42 Å². The molecule has 1 N–H and O–H groups in total. The van der Waals surface area contributed by atoms with Crippen molar-refractivity contribution in [2.45, 2.75) is 32.7 Å². The summed E-state index contributed by atoms with van der Waals surface area (Å²) in [5.74, 6) is -0.101. The quantitative estimate of drug-likeness (QED) is 0.815. The van der Waals surface area contributed by atoms with Crippen molar-refractivity contribution in [3.63, 3.8) is 0 Å². The molecule has 1 unspecified atom stereocenters. The topological polar surface area (TPSA) is 45.2 Å². The van der Waals surface area contributed by atoms with Gasteiger partial charge in [-0.3, -0.25) is 4.79 Å². The number of nitrogens with one attached hydrogen (secondary N) is 1. The molecular weight excluding hydrogens is 262 g/mol. The Morgan fingerprint density at radius 2 is 2.16 bits per heavy atom. The zero-order valence-corrected chi connectivity index (χ0v) is 12.8. The predicted molar refractivity (Wildman–Crippen MR) is 78.7 cm³/mol. The second kappa shape index (κ2) is 7.46. The van der Waals surface area contributed by atoms with Crippen LogP contribution >= 0.6 is 11.6 Å². The van der Waals surface area contributed by atoms with Gasteiger partial charge in [0.2, 0.25) is 0 Å². The molecule has 0 saturated carbocycles. The minimum absolute atomic E-state index is 0.0871. The van der Waals surface area contributed by atoms with Crippen LogP contribution in [-0.4, -0.2) is 42.5 Å². The van der Waals surface area contributed by atoms with Crippen molar-refractivity contribution in [2.75, 3.05) is 20.6 Å². The van der Waals surface area contributed by atoms with Gasteiger partial charge in [0.05, 0.1) is 0 Å². The Morgan fingerprint density at radius 1 is 1.47 bits per heavy atom. The van der Waals surface area contributed by atoms with Crippen molar-refractivity contribution >= 4 is 17.5 Å². The highest BCUT2D eigenvalue weighted by Crippen LogP contribution is 2.12. The number of hydrogen-bond donors (Lipinski definition) is 1. The van der Waals surface area contributed by atoms with Gasteiger partial charge in [0, 0.05) is 23.8 Å². The molecule has 0 spiro atoms. The standard InChI is InChI=1S/C14H22ClN3O/c1-5-6-12-7-11(8-13(15)17-12)14(19)16-10(2)9-18(3)4/h7-8,10H,5-6,9H2,1-4H3,(H,16,19). The van der Waals surface area contributed by atoms with Crippen LogP contribution in [0, 0.1) is 0 Å². The average Bonchev–Trinajstić information content (AvgIpc) is 2.27. The lowest BCUT2D eigenvalue weighted by atomic mass is 10.1. The normalized spacial score (nSPS) is 12.5. The Labute approximate surface area is 120 Å². The van der Waals surface area contributed by atoms with Gasteiger partial charge in [-0.05, 0) is 39.6 Å². The minimum atomic E-state index is -0.101. The number of hydrogen-bond acceptors (Lipinski definition) is 3. The van der Waals surface area contributed by atoms with E-state index in [0.29, 0.717) is 10.7 Å². The van der Waals surface area contributed by atoms with Crippen molar-refractivity contribution in [3.8, 4) is 0 Å². The maximum atomic E-state index is 12.1. The van der Waals surface area contributed by atoms with E-state index in [2.05, 4.69) is 17.2 Å². The first kappa shape index (κ1) is 15.9. The number of aryl methyl sites for hydroxylation is 1. The Morgan fingerprint density at radius 3 is 2.74 bits per heavy atom. The fraction of sp³-hybridized carbons (Fsp3) is 0.571. The van der Waals surface area contributed by atoms with Crippen LogP contribution in [0.2, 0.25) is 5.15 Å². The molecule has 0 aliphatic carbocycles. The molecule has 0 aliphatic rings. The number of halogens is 1. The first-order valence-electron chi connectivity index (χ1n) is 6.54. The van der Waals surface area contributed by atoms with E-state index in [0.717, 1.165) is 25.1 Å². The van der Waals surface area contributed by atoms with Gasteiger partial charge < -0.3 is 10.2 Å². The summed E-state index contributed by atoms with van der Waals surface area (Å²) < 4.78 is 0. The van der Waals surface area contributed by atoms with Crippen molar-refractivity contribution in [3.05, 3.63) is 28.5 Å². The summed E-state index contributed by atoms with van der Waals surface area (Å²) in [4.78, 5) is 18.4. The SMILES string of the molecule is CCCc1cc(C(=O)NC(C)CN(C)C)cc(Cl)n1. The minimum Gasteiger partial charge on any atom is -0.348 e. The number of carbonyl (C=O) groups excluding carboxylic acids is 1. The van der Waals surface area contributed by atoms with Gasteiger partial charge in [0.15, 0.2) is 0 Å². The molecule has 0 saturated heterocycles. The summed E-state index contributed by atoms with van der Waals surface area (Å²) in [5.41, 5.74) is 1.44. The van der Waals surface area contributed by atoms with Gasteiger partial charge in [0.1, 0.15) is 5.15 Å². The number of rotatable bonds is 6. The molecule has 4 nitrogen and oxygen atoms in total. The van der Waals surface area contributed by atoms with Crippen LogP contribution < -0.4 is 5.32 Å². The highest BCUT2D eigenvalue weighted by molar-refractivity contribution is 6.29. The number of likely N-dealkylation sites (N-methyl/N-ethyl adjacent to an activating group) is 1. The van der Waals surface area contributed by atoms with Gasteiger partial charge in [-0.1, -0.05) is 24.9 Å². The molecule has 1 atom stereocenters. The van der Waals surface area contributed by atoms with Crippen molar-refractivity contribution in [1.82, 2.24) is 15.2 Å². The molecule has 0 aliphatic heterocycles. The highest BCUT2D eigenvalue weighted by Gasteiger charge is 2.12. The molecular formula is C14H22ClN3O. The summed E-state index contributed by atoms with van der Waals surface area (Å²) in [6.07, 6.45) is 1.81. The van der Waals surface area contributed by atoms with Crippen LogP contribution in [0.1, 0.15) is 36.3 Å². The number of aromatic nitrogens is 1. The van der Waals surface area contributed by atoms with Gasteiger partial charge in [-0.15, -0.1) is 0 Å². The summed E-state index contributed by atoms with van der Waals surface area (Å²) in [6, 6.07) is 3.51. The van der Waals surface area contributed by atoms with Crippen molar-refractivity contribution < 1.29 is 4.79 Å². The average molecular weight is 284 g/mol. The van der Waals surface area contributed by atoms with Gasteiger partial charge in [-0.25, -0.2) is 4.98 Å². The third kappa shape index (κ3) is 5.57. The molecule has 1 amide bonds. The number of nitrogens with zero attached hydrogens (tertiary/aromatic N) is 2. The van der Waals surface area contributed by atoms with E-state index in [1.54, 1.807) is 6.07 Å². The van der Waals surface area contributed by atoms with E-state index in [9.17, 15) is 4.79 Å². The van der Waals surface area contributed by atoms with Crippen molar-refractivity contribution in [1.29, 1.82) is 0 Å². The van der Waals surface area contributed by atoms with Gasteiger partial charge >= 0.3 is 0 Å². The summed E-state index contributed by atoms with van der Waals surface area (Å²) in [6.45, 7) is 4.85. The second-order valence-corrected chi connectivity index (χ2v) is 5.44. The number of carbonyl (C=O) groups is 1. The maximum absolute atomic E-state index is 12.1. The summed E-state index contributed by atoms with van der Waals surface area (Å²) in [5, 5.41) is 3.33. The third-order valence-corrected chi connectivity index (χ3v) is 2.83. The number of pyridine rings is 1. The van der Waals surface area contributed by atoms with E-state index in [-0.39, 0.29) is 11.9 Å². The Hall–Kier alpha value is -1.13. The Bertz CT molecular complexity index is 435. The van der Waals surface area contributed by atoms with Crippen LogP contribution in [0.5, 0.6) is 0 Å². The zero-order valence-electron chi connectivity index (χ0n) is 12.0. The molecule has 106 valence electrons. The first-order valence-corrected chi connectivity index (χ1v) is 6.92. The monoisotopic (exact) mass is 283 g/mol. The highest BCUT2D eigenvalue weighted by atomic mass is 35.5. The predicted octanol–water partition coefficient (Wildman–Crippen LogP) is 2.37. The van der Waals surface area contributed by atoms with E-state index in [4.69, 9.17) is 11.6 Å². The molecule has 0 fully saturated rings. The van der Waals surface area contributed by atoms with Gasteiger partial charge in [0.25, 0.3) is 5.91 Å². The lowest BCUT2D eigenvalue weighted by Crippen LogP contribution is -2.39. The summed E-state index contributed by atoms with van der Waals surface area (Å²) >= 11 is 5.95.